The second-order valence-electron chi connectivity index (χ2n) is 2.96. The monoisotopic (exact) mass is 213 g/mol. The summed E-state index contributed by atoms with van der Waals surface area (Å²) in [7, 11) is 1.30. The summed E-state index contributed by atoms with van der Waals surface area (Å²) in [6.45, 7) is 0.165. The van der Waals surface area contributed by atoms with Crippen molar-refractivity contribution >= 4 is 5.78 Å². The maximum Gasteiger partial charge on any atom is 0.171 e. The van der Waals surface area contributed by atoms with E-state index in [9.17, 15) is 14.3 Å². The first-order valence-electron chi connectivity index (χ1n) is 4.40. The third-order valence-corrected chi connectivity index (χ3v) is 1.92. The number of methoxy groups -OCH3 is 1. The number of phenols is 1. The van der Waals surface area contributed by atoms with Crippen molar-refractivity contribution in [1.82, 2.24) is 0 Å². The molecule has 1 aromatic carbocycles. The number of aromatic hydroxyl groups is 1. The van der Waals surface area contributed by atoms with Crippen LogP contribution in [-0.2, 0) is 0 Å². The second-order valence-corrected chi connectivity index (χ2v) is 2.96. The third kappa shape index (κ3) is 2.44. The Morgan fingerprint density at radius 3 is 2.80 bits per heavy atom. The fourth-order valence-electron chi connectivity index (χ4n) is 1.27. The maximum absolute atomic E-state index is 12.9. The number of carbonyl (C=O) groups excluding carboxylic acids is 1. The first kappa shape index (κ1) is 11.5. The van der Waals surface area contributed by atoms with Crippen LogP contribution in [0.15, 0.2) is 12.1 Å². The molecule has 5 heteroatoms. The number of nitrogens with two attached hydrogens (primary N) is 1. The Labute approximate surface area is 86.5 Å². The highest BCUT2D eigenvalue weighted by Gasteiger charge is 2.17. The smallest absolute Gasteiger partial charge is 0.171 e. The van der Waals surface area contributed by atoms with Gasteiger partial charge in [0.15, 0.2) is 5.78 Å². The van der Waals surface area contributed by atoms with Gasteiger partial charge in [-0.15, -0.1) is 0 Å². The number of phenolic OH excluding ortho intramolecular Hbond substituents is 1. The molecule has 0 heterocycles. The molecule has 0 unspecified atom stereocenters. The van der Waals surface area contributed by atoms with E-state index in [2.05, 4.69) is 0 Å². The molecule has 0 saturated heterocycles. The van der Waals surface area contributed by atoms with Crippen LogP contribution in [0.2, 0.25) is 0 Å². The van der Waals surface area contributed by atoms with Crippen molar-refractivity contribution < 1.29 is 19.0 Å². The van der Waals surface area contributed by atoms with E-state index < -0.39 is 11.6 Å². The van der Waals surface area contributed by atoms with Crippen LogP contribution in [0.25, 0.3) is 0 Å². The molecule has 4 nitrogen and oxygen atoms in total. The number of benzene rings is 1. The van der Waals surface area contributed by atoms with E-state index in [1.807, 2.05) is 0 Å². The maximum atomic E-state index is 12.9. The van der Waals surface area contributed by atoms with E-state index >= 15 is 0 Å². The average Bonchev–Trinajstić information content (AvgIpc) is 2.16. The summed E-state index contributed by atoms with van der Waals surface area (Å²) in [5.41, 5.74) is 5.20. The first-order valence-corrected chi connectivity index (χ1v) is 4.40. The Morgan fingerprint density at radius 2 is 2.27 bits per heavy atom. The van der Waals surface area contributed by atoms with Crippen LogP contribution in [0.1, 0.15) is 16.8 Å². The van der Waals surface area contributed by atoms with Crippen molar-refractivity contribution in [2.75, 3.05) is 13.7 Å². The normalized spacial score (nSPS) is 10.1. The molecule has 1 aromatic rings. The molecule has 0 aliphatic rings. The van der Waals surface area contributed by atoms with Crippen LogP contribution in [-0.4, -0.2) is 24.5 Å². The quantitative estimate of drug-likeness (QED) is 0.734. The summed E-state index contributed by atoms with van der Waals surface area (Å²) in [6, 6.07) is 1.91. The minimum atomic E-state index is -0.659. The number of Topliss-reactive ketones (excluding diaryl/α,β-unsaturated/α-hetero) is 1. The van der Waals surface area contributed by atoms with Gasteiger partial charge in [0, 0.05) is 18.6 Å². The van der Waals surface area contributed by atoms with E-state index in [0.717, 1.165) is 12.1 Å². The van der Waals surface area contributed by atoms with E-state index in [-0.39, 0.29) is 30.1 Å². The number of ether oxygens (including phenoxy) is 1. The molecule has 0 aliphatic heterocycles. The molecule has 0 aromatic heterocycles. The van der Waals surface area contributed by atoms with Crippen LogP contribution >= 0.6 is 0 Å². The standard InChI is InChI=1S/C10H12FNO3/c1-15-9-5-6(11)4-8(14)10(9)7(13)2-3-12/h4-5,14H,2-3,12H2,1H3. The molecule has 0 saturated carbocycles. The summed E-state index contributed by atoms with van der Waals surface area (Å²) in [4.78, 5) is 11.5. The van der Waals surface area contributed by atoms with Gasteiger partial charge in [0.1, 0.15) is 22.9 Å². The predicted molar refractivity (Wildman–Crippen MR) is 52.6 cm³/mol. The molecule has 0 atom stereocenters. The molecule has 0 bridgehead atoms. The van der Waals surface area contributed by atoms with Crippen LogP contribution in [0.5, 0.6) is 11.5 Å². The van der Waals surface area contributed by atoms with E-state index in [1.54, 1.807) is 0 Å². The summed E-state index contributed by atoms with van der Waals surface area (Å²) in [5.74, 6) is -1.43. The highest BCUT2D eigenvalue weighted by Crippen LogP contribution is 2.29. The number of carbonyl (C=O) groups is 1. The number of ketones is 1. The molecule has 0 radical (unpaired) electrons. The van der Waals surface area contributed by atoms with E-state index in [1.165, 1.54) is 7.11 Å². The van der Waals surface area contributed by atoms with Crippen molar-refractivity contribution in [3.63, 3.8) is 0 Å². The summed E-state index contributed by atoms with van der Waals surface area (Å²) >= 11 is 0. The third-order valence-electron chi connectivity index (χ3n) is 1.92. The molecule has 0 fully saturated rings. The van der Waals surface area contributed by atoms with Gasteiger partial charge in [-0.05, 0) is 6.54 Å². The van der Waals surface area contributed by atoms with E-state index in [0.29, 0.717) is 0 Å². The fourth-order valence-corrected chi connectivity index (χ4v) is 1.27. The number of rotatable bonds is 4. The molecule has 15 heavy (non-hydrogen) atoms. The molecular formula is C10H12FNO3. The highest BCUT2D eigenvalue weighted by atomic mass is 19.1. The molecule has 3 N–H and O–H groups in total. The first-order chi connectivity index (χ1) is 7.10. The van der Waals surface area contributed by atoms with Crippen LogP contribution in [0.3, 0.4) is 0 Å². The van der Waals surface area contributed by atoms with Crippen LogP contribution in [0.4, 0.5) is 4.39 Å². The average molecular weight is 213 g/mol. The zero-order chi connectivity index (χ0) is 11.4. The van der Waals surface area contributed by atoms with Gasteiger partial charge in [0.25, 0.3) is 0 Å². The van der Waals surface area contributed by atoms with Gasteiger partial charge in [-0.25, -0.2) is 4.39 Å². The van der Waals surface area contributed by atoms with Crippen molar-refractivity contribution in [3.8, 4) is 11.5 Å². The summed E-state index contributed by atoms with van der Waals surface area (Å²) < 4.78 is 17.7. The number of hydrogen-bond donors (Lipinski definition) is 2. The summed E-state index contributed by atoms with van der Waals surface area (Å²) in [5, 5.41) is 9.42. The number of halogens is 1. The topological polar surface area (TPSA) is 72.5 Å². The minimum Gasteiger partial charge on any atom is -0.507 e. The Kier molecular flexibility index (Phi) is 3.62. The van der Waals surface area contributed by atoms with Crippen LogP contribution < -0.4 is 10.5 Å². The molecule has 0 amide bonds. The molecular weight excluding hydrogens is 201 g/mol. The lowest BCUT2D eigenvalue weighted by atomic mass is 10.1. The largest absolute Gasteiger partial charge is 0.507 e. The Balaban J connectivity index is 3.20. The Morgan fingerprint density at radius 1 is 1.60 bits per heavy atom. The molecule has 1 rings (SSSR count). The van der Waals surface area contributed by atoms with Gasteiger partial charge in [-0.1, -0.05) is 0 Å². The lowest BCUT2D eigenvalue weighted by Gasteiger charge is -2.09. The van der Waals surface area contributed by atoms with Gasteiger partial charge in [-0.3, -0.25) is 4.79 Å². The van der Waals surface area contributed by atoms with Crippen molar-refractivity contribution in [1.29, 1.82) is 0 Å². The van der Waals surface area contributed by atoms with Crippen molar-refractivity contribution in [2.24, 2.45) is 5.73 Å². The van der Waals surface area contributed by atoms with Gasteiger partial charge < -0.3 is 15.6 Å². The zero-order valence-corrected chi connectivity index (χ0v) is 8.29. The highest BCUT2D eigenvalue weighted by molar-refractivity contribution is 6.01. The van der Waals surface area contributed by atoms with Gasteiger partial charge in [0.2, 0.25) is 0 Å². The predicted octanol–water partition coefficient (Wildman–Crippen LogP) is 1.07. The number of hydrogen-bond acceptors (Lipinski definition) is 4. The Hall–Kier alpha value is -1.62. The minimum absolute atomic E-state index is 0.0194. The SMILES string of the molecule is COc1cc(F)cc(O)c1C(=O)CCN. The second kappa shape index (κ2) is 4.75. The lowest BCUT2D eigenvalue weighted by Crippen LogP contribution is -2.09. The summed E-state index contributed by atoms with van der Waals surface area (Å²) in [6.07, 6.45) is 0.0789. The Bertz CT molecular complexity index is 379. The van der Waals surface area contributed by atoms with E-state index in [4.69, 9.17) is 10.5 Å². The lowest BCUT2D eigenvalue weighted by molar-refractivity contribution is 0.0979. The molecule has 0 aliphatic carbocycles. The van der Waals surface area contributed by atoms with Gasteiger partial charge in [-0.2, -0.15) is 0 Å². The van der Waals surface area contributed by atoms with Crippen molar-refractivity contribution in [2.45, 2.75) is 6.42 Å². The molecule has 0 spiro atoms. The van der Waals surface area contributed by atoms with Crippen molar-refractivity contribution in [3.05, 3.63) is 23.5 Å². The fraction of sp³-hybridized carbons (Fsp3) is 0.300. The van der Waals surface area contributed by atoms with Crippen LogP contribution in [0, 0.1) is 5.82 Å². The zero-order valence-electron chi connectivity index (χ0n) is 8.29. The van der Waals surface area contributed by atoms with Gasteiger partial charge >= 0.3 is 0 Å². The van der Waals surface area contributed by atoms with Gasteiger partial charge in [0.05, 0.1) is 7.11 Å². The molecule has 82 valence electrons.